The maximum absolute atomic E-state index is 11.0. The summed E-state index contributed by atoms with van der Waals surface area (Å²) in [5.41, 5.74) is 2.09. The van der Waals surface area contributed by atoms with Gasteiger partial charge in [-0.1, -0.05) is 44.0 Å². The van der Waals surface area contributed by atoms with Crippen LogP contribution in [-0.4, -0.2) is 8.42 Å². The van der Waals surface area contributed by atoms with Crippen LogP contribution < -0.4 is 0 Å². The largest absolute Gasteiger partial charge is 0.236 e. The van der Waals surface area contributed by atoms with E-state index in [0.717, 1.165) is 11.5 Å². The molecule has 1 aliphatic rings. The first-order valence-electron chi connectivity index (χ1n) is 6.45. The summed E-state index contributed by atoms with van der Waals surface area (Å²) in [5.74, 6) is 1.40. The number of benzene rings is 1. The van der Waals surface area contributed by atoms with Crippen molar-refractivity contribution in [3.63, 3.8) is 0 Å². The van der Waals surface area contributed by atoms with Gasteiger partial charge >= 0.3 is 0 Å². The second kappa shape index (κ2) is 5.62. The van der Waals surface area contributed by atoms with Crippen LogP contribution in [0.3, 0.4) is 0 Å². The van der Waals surface area contributed by atoms with Crippen LogP contribution in [0.2, 0.25) is 0 Å². The molecule has 1 saturated carbocycles. The molecule has 0 bridgehead atoms. The van der Waals surface area contributed by atoms with E-state index in [1.807, 2.05) is 12.1 Å². The highest BCUT2D eigenvalue weighted by Gasteiger charge is 2.19. The highest BCUT2D eigenvalue weighted by molar-refractivity contribution is 8.13. The molecule has 1 fully saturated rings. The van der Waals surface area contributed by atoms with Gasteiger partial charge in [0.05, 0.1) is 5.75 Å². The molecule has 0 spiro atoms. The van der Waals surface area contributed by atoms with Crippen molar-refractivity contribution >= 4 is 19.7 Å². The smallest absolute Gasteiger partial charge is 0.212 e. The molecule has 2 nitrogen and oxygen atoms in total. The van der Waals surface area contributed by atoms with E-state index in [0.29, 0.717) is 5.92 Å². The summed E-state index contributed by atoms with van der Waals surface area (Å²) in [6.07, 6.45) is 5.08. The van der Waals surface area contributed by atoms with E-state index < -0.39 is 9.05 Å². The van der Waals surface area contributed by atoms with Gasteiger partial charge in [0.2, 0.25) is 9.05 Å². The van der Waals surface area contributed by atoms with E-state index in [2.05, 4.69) is 19.1 Å². The monoisotopic (exact) mass is 286 g/mol. The Morgan fingerprint density at radius 1 is 1.11 bits per heavy atom. The van der Waals surface area contributed by atoms with Gasteiger partial charge in [0.25, 0.3) is 0 Å². The molecule has 1 aromatic rings. The zero-order valence-electron chi connectivity index (χ0n) is 10.6. The maximum atomic E-state index is 11.0. The predicted octanol–water partition coefficient (Wildman–Crippen LogP) is 4.05. The summed E-state index contributed by atoms with van der Waals surface area (Å²) >= 11 is 0. The molecule has 0 radical (unpaired) electrons. The Labute approximate surface area is 114 Å². The standard InChI is InChI=1S/C14H19ClO2S/c1-11-2-6-13(7-3-11)14-8-4-12(5-9-14)10-18(15,16)17/h4-5,8-9,11,13H,2-3,6-7,10H2,1H3. The average Bonchev–Trinajstić information content (AvgIpc) is 2.29. The molecule has 0 saturated heterocycles. The number of halogens is 1. The fourth-order valence-electron chi connectivity index (χ4n) is 2.68. The van der Waals surface area contributed by atoms with E-state index in [9.17, 15) is 8.42 Å². The van der Waals surface area contributed by atoms with Crippen LogP contribution in [0.1, 0.15) is 49.7 Å². The van der Waals surface area contributed by atoms with Gasteiger partial charge in [-0.15, -0.1) is 0 Å². The molecule has 0 amide bonds. The minimum atomic E-state index is -3.45. The Balaban J connectivity index is 2.03. The Bertz CT molecular complexity index is 485. The lowest BCUT2D eigenvalue weighted by Gasteiger charge is -2.26. The third kappa shape index (κ3) is 3.99. The van der Waals surface area contributed by atoms with Crippen molar-refractivity contribution in [1.82, 2.24) is 0 Å². The van der Waals surface area contributed by atoms with Crippen LogP contribution >= 0.6 is 10.7 Å². The van der Waals surface area contributed by atoms with Gasteiger partial charge in [0.15, 0.2) is 0 Å². The van der Waals surface area contributed by atoms with Gasteiger partial charge in [-0.2, -0.15) is 0 Å². The predicted molar refractivity (Wildman–Crippen MR) is 75.3 cm³/mol. The van der Waals surface area contributed by atoms with E-state index in [-0.39, 0.29) is 5.75 Å². The summed E-state index contributed by atoms with van der Waals surface area (Å²) in [7, 11) is 1.79. The third-order valence-corrected chi connectivity index (χ3v) is 4.81. The molecule has 1 aliphatic carbocycles. The molecule has 0 atom stereocenters. The van der Waals surface area contributed by atoms with Crippen molar-refractivity contribution < 1.29 is 8.42 Å². The van der Waals surface area contributed by atoms with E-state index in [4.69, 9.17) is 10.7 Å². The van der Waals surface area contributed by atoms with Gasteiger partial charge in [0.1, 0.15) is 0 Å². The van der Waals surface area contributed by atoms with Crippen LogP contribution in [0.5, 0.6) is 0 Å². The van der Waals surface area contributed by atoms with E-state index >= 15 is 0 Å². The summed E-state index contributed by atoms with van der Waals surface area (Å²) < 4.78 is 22.0. The van der Waals surface area contributed by atoms with Crippen LogP contribution in [0.25, 0.3) is 0 Å². The van der Waals surface area contributed by atoms with Gasteiger partial charge in [0, 0.05) is 10.7 Å². The zero-order valence-corrected chi connectivity index (χ0v) is 12.2. The number of rotatable bonds is 3. The molecule has 0 N–H and O–H groups in total. The summed E-state index contributed by atoms with van der Waals surface area (Å²) in [6, 6.07) is 7.87. The summed E-state index contributed by atoms with van der Waals surface area (Å²) in [4.78, 5) is 0. The van der Waals surface area contributed by atoms with E-state index in [1.54, 1.807) is 0 Å². The topological polar surface area (TPSA) is 34.1 Å². The molecule has 0 aromatic heterocycles. The Morgan fingerprint density at radius 2 is 1.67 bits per heavy atom. The Hall–Kier alpha value is -0.540. The lowest BCUT2D eigenvalue weighted by Crippen LogP contribution is -2.10. The normalized spacial score (nSPS) is 25.0. The number of hydrogen-bond acceptors (Lipinski definition) is 2. The Morgan fingerprint density at radius 3 is 2.17 bits per heavy atom. The van der Waals surface area contributed by atoms with Crippen molar-refractivity contribution in [2.45, 2.75) is 44.3 Å². The minimum absolute atomic E-state index is 0.0868. The van der Waals surface area contributed by atoms with Gasteiger partial charge in [-0.3, -0.25) is 0 Å². The minimum Gasteiger partial charge on any atom is -0.212 e. The lowest BCUT2D eigenvalue weighted by molar-refractivity contribution is 0.348. The van der Waals surface area contributed by atoms with Gasteiger partial charge < -0.3 is 0 Å². The SMILES string of the molecule is CC1CCC(c2ccc(CS(=O)(=O)Cl)cc2)CC1. The van der Waals surface area contributed by atoms with Crippen molar-refractivity contribution in [2.75, 3.05) is 0 Å². The van der Waals surface area contributed by atoms with Gasteiger partial charge in [-0.05, 0) is 35.8 Å². The fourth-order valence-corrected chi connectivity index (χ4v) is 3.65. The molecule has 0 unspecified atom stereocenters. The van der Waals surface area contributed by atoms with Crippen LogP contribution in [0, 0.1) is 5.92 Å². The molecular formula is C14H19ClO2S. The molecule has 1 aromatic carbocycles. The van der Waals surface area contributed by atoms with Gasteiger partial charge in [-0.25, -0.2) is 8.42 Å². The first-order chi connectivity index (χ1) is 8.44. The number of hydrogen-bond donors (Lipinski definition) is 0. The molecule has 100 valence electrons. The average molecular weight is 287 g/mol. The molecule has 2 rings (SSSR count). The first kappa shape index (κ1) is 13.9. The zero-order chi connectivity index (χ0) is 13.2. The maximum Gasteiger partial charge on any atom is 0.236 e. The molecule has 4 heteroatoms. The molecule has 0 aliphatic heterocycles. The van der Waals surface area contributed by atoms with Crippen molar-refractivity contribution in [3.05, 3.63) is 35.4 Å². The molecule has 0 heterocycles. The van der Waals surface area contributed by atoms with Crippen LogP contribution in [0.4, 0.5) is 0 Å². The highest BCUT2D eigenvalue weighted by Crippen LogP contribution is 2.35. The van der Waals surface area contributed by atoms with E-state index in [1.165, 1.54) is 31.2 Å². The lowest BCUT2D eigenvalue weighted by atomic mass is 9.79. The summed E-state index contributed by atoms with van der Waals surface area (Å²) in [6.45, 7) is 2.31. The van der Waals surface area contributed by atoms with Crippen LogP contribution in [0.15, 0.2) is 24.3 Å². The second-order valence-electron chi connectivity index (χ2n) is 5.38. The van der Waals surface area contributed by atoms with Crippen molar-refractivity contribution in [1.29, 1.82) is 0 Å². The summed E-state index contributed by atoms with van der Waals surface area (Å²) in [5, 5.41) is 0. The molecule has 18 heavy (non-hydrogen) atoms. The fraction of sp³-hybridized carbons (Fsp3) is 0.571. The quantitative estimate of drug-likeness (QED) is 0.786. The first-order valence-corrected chi connectivity index (χ1v) is 8.93. The Kier molecular flexibility index (Phi) is 4.33. The third-order valence-electron chi connectivity index (χ3n) is 3.81. The van der Waals surface area contributed by atoms with Crippen LogP contribution in [-0.2, 0) is 14.8 Å². The molecular weight excluding hydrogens is 268 g/mol. The second-order valence-corrected chi connectivity index (χ2v) is 8.16. The highest BCUT2D eigenvalue weighted by atomic mass is 35.7. The van der Waals surface area contributed by atoms with Crippen molar-refractivity contribution in [3.8, 4) is 0 Å². The van der Waals surface area contributed by atoms with Crippen molar-refractivity contribution in [2.24, 2.45) is 5.92 Å².